The van der Waals surface area contributed by atoms with E-state index in [0.29, 0.717) is 24.3 Å². The monoisotopic (exact) mass is 202 g/mol. The SMILES string of the molecule is FC(F)(F)c1ccnc2c1CCCN2. The lowest BCUT2D eigenvalue weighted by atomic mass is 10.0. The molecule has 0 amide bonds. The van der Waals surface area contributed by atoms with Crippen LogP contribution < -0.4 is 5.32 Å². The number of rotatable bonds is 0. The number of hydrogen-bond donors (Lipinski definition) is 1. The highest BCUT2D eigenvalue weighted by Gasteiger charge is 2.34. The molecule has 0 bridgehead atoms. The van der Waals surface area contributed by atoms with Crippen molar-refractivity contribution < 1.29 is 13.2 Å². The van der Waals surface area contributed by atoms with E-state index >= 15 is 0 Å². The number of nitrogens with zero attached hydrogens (tertiary/aromatic N) is 1. The molecule has 0 radical (unpaired) electrons. The lowest BCUT2D eigenvalue weighted by Crippen LogP contribution is -2.18. The van der Waals surface area contributed by atoms with Crippen LogP contribution in [0.3, 0.4) is 0 Å². The van der Waals surface area contributed by atoms with E-state index in [-0.39, 0.29) is 0 Å². The molecule has 2 heterocycles. The van der Waals surface area contributed by atoms with Crippen LogP contribution in [0.25, 0.3) is 0 Å². The second-order valence-corrected chi connectivity index (χ2v) is 3.21. The first kappa shape index (κ1) is 9.30. The Morgan fingerprint density at radius 2 is 2.14 bits per heavy atom. The number of halogens is 3. The van der Waals surface area contributed by atoms with Crippen LogP contribution in [0.15, 0.2) is 12.3 Å². The number of hydrogen-bond acceptors (Lipinski definition) is 2. The van der Waals surface area contributed by atoms with Gasteiger partial charge in [0.05, 0.1) is 5.56 Å². The molecule has 0 saturated carbocycles. The first-order valence-electron chi connectivity index (χ1n) is 4.38. The van der Waals surface area contributed by atoms with Gasteiger partial charge in [0.1, 0.15) is 5.82 Å². The van der Waals surface area contributed by atoms with E-state index in [0.717, 1.165) is 12.5 Å². The summed E-state index contributed by atoms with van der Waals surface area (Å²) in [6, 6.07) is 1.03. The van der Waals surface area contributed by atoms with E-state index in [2.05, 4.69) is 10.3 Å². The van der Waals surface area contributed by atoms with Gasteiger partial charge in [-0.2, -0.15) is 13.2 Å². The molecule has 0 spiro atoms. The molecule has 1 aromatic heterocycles. The summed E-state index contributed by atoms with van der Waals surface area (Å²) in [5, 5.41) is 2.86. The van der Waals surface area contributed by atoms with E-state index in [4.69, 9.17) is 0 Å². The van der Waals surface area contributed by atoms with E-state index in [1.807, 2.05) is 0 Å². The minimum atomic E-state index is -4.27. The molecule has 2 rings (SSSR count). The zero-order valence-electron chi connectivity index (χ0n) is 7.36. The number of nitrogens with one attached hydrogen (secondary N) is 1. The third-order valence-electron chi connectivity index (χ3n) is 2.26. The summed E-state index contributed by atoms with van der Waals surface area (Å²) in [5.74, 6) is 0.381. The van der Waals surface area contributed by atoms with E-state index in [1.165, 1.54) is 6.20 Å². The van der Waals surface area contributed by atoms with Crippen LogP contribution in [-0.4, -0.2) is 11.5 Å². The summed E-state index contributed by atoms with van der Waals surface area (Å²) in [6.45, 7) is 0.696. The molecule has 1 N–H and O–H groups in total. The molecule has 14 heavy (non-hydrogen) atoms. The standard InChI is InChI=1S/C9H9F3N2/c10-9(11,12)7-3-5-14-8-6(7)2-1-4-13-8/h3,5H,1-2,4H2,(H,13,14). The van der Waals surface area contributed by atoms with Gasteiger partial charge in [-0.25, -0.2) is 4.98 Å². The predicted molar refractivity (Wildman–Crippen MR) is 46.0 cm³/mol. The Morgan fingerprint density at radius 3 is 2.86 bits per heavy atom. The fourth-order valence-electron chi connectivity index (χ4n) is 1.64. The molecule has 0 atom stereocenters. The van der Waals surface area contributed by atoms with Crippen LogP contribution in [-0.2, 0) is 12.6 Å². The fourth-order valence-corrected chi connectivity index (χ4v) is 1.64. The summed E-state index contributed by atoms with van der Waals surface area (Å²) < 4.78 is 37.6. The van der Waals surface area contributed by atoms with Gasteiger partial charge >= 0.3 is 6.18 Å². The van der Waals surface area contributed by atoms with E-state index < -0.39 is 11.7 Å². The molecule has 2 nitrogen and oxygen atoms in total. The van der Waals surface area contributed by atoms with E-state index in [1.54, 1.807) is 0 Å². The van der Waals surface area contributed by atoms with Crippen molar-refractivity contribution in [1.29, 1.82) is 0 Å². The number of fused-ring (bicyclic) bond motifs is 1. The second-order valence-electron chi connectivity index (χ2n) is 3.21. The van der Waals surface area contributed by atoms with Gasteiger partial charge in [0.15, 0.2) is 0 Å². The minimum Gasteiger partial charge on any atom is -0.370 e. The number of alkyl halides is 3. The topological polar surface area (TPSA) is 24.9 Å². The van der Waals surface area contributed by atoms with Gasteiger partial charge in [0, 0.05) is 18.3 Å². The summed E-state index contributed by atoms with van der Waals surface area (Å²) in [4.78, 5) is 3.88. The summed E-state index contributed by atoms with van der Waals surface area (Å²) in [7, 11) is 0. The average Bonchev–Trinajstić information content (AvgIpc) is 2.15. The minimum absolute atomic E-state index is 0.297. The Balaban J connectivity index is 2.51. The Bertz CT molecular complexity index is 346. The van der Waals surface area contributed by atoms with E-state index in [9.17, 15) is 13.2 Å². The van der Waals surface area contributed by atoms with Crippen molar-refractivity contribution in [2.45, 2.75) is 19.0 Å². The molecule has 76 valence electrons. The largest absolute Gasteiger partial charge is 0.416 e. The Morgan fingerprint density at radius 1 is 1.36 bits per heavy atom. The smallest absolute Gasteiger partial charge is 0.370 e. The molecule has 5 heteroatoms. The maximum atomic E-state index is 12.5. The predicted octanol–water partition coefficient (Wildman–Crippen LogP) is 2.46. The molecular weight excluding hydrogens is 193 g/mol. The maximum Gasteiger partial charge on any atom is 0.416 e. The normalized spacial score (nSPS) is 15.9. The van der Waals surface area contributed by atoms with Gasteiger partial charge in [-0.05, 0) is 18.9 Å². The van der Waals surface area contributed by atoms with Gasteiger partial charge in [-0.15, -0.1) is 0 Å². The molecule has 0 saturated heterocycles. The summed E-state index contributed by atoms with van der Waals surface area (Å²) >= 11 is 0. The van der Waals surface area contributed by atoms with Crippen molar-refractivity contribution >= 4 is 5.82 Å². The van der Waals surface area contributed by atoms with Crippen molar-refractivity contribution in [2.24, 2.45) is 0 Å². The summed E-state index contributed by atoms with van der Waals surface area (Å²) in [6.07, 6.45) is -1.90. The van der Waals surface area contributed by atoms with Gasteiger partial charge in [0.2, 0.25) is 0 Å². The lowest BCUT2D eigenvalue weighted by molar-refractivity contribution is -0.138. The maximum absolute atomic E-state index is 12.5. The van der Waals surface area contributed by atoms with Crippen molar-refractivity contribution in [3.8, 4) is 0 Å². The van der Waals surface area contributed by atoms with Gasteiger partial charge in [-0.1, -0.05) is 0 Å². The molecule has 0 fully saturated rings. The fraction of sp³-hybridized carbons (Fsp3) is 0.444. The van der Waals surface area contributed by atoms with Crippen LogP contribution in [0.4, 0.5) is 19.0 Å². The molecule has 0 aliphatic carbocycles. The van der Waals surface area contributed by atoms with Crippen molar-refractivity contribution in [2.75, 3.05) is 11.9 Å². The van der Waals surface area contributed by atoms with Gasteiger partial charge < -0.3 is 5.32 Å². The zero-order chi connectivity index (χ0) is 10.2. The first-order valence-corrected chi connectivity index (χ1v) is 4.38. The first-order chi connectivity index (χ1) is 6.59. The summed E-state index contributed by atoms with van der Waals surface area (Å²) in [5.41, 5.74) is -0.263. The van der Waals surface area contributed by atoms with Crippen LogP contribution in [0, 0.1) is 0 Å². The number of pyridine rings is 1. The van der Waals surface area contributed by atoms with Crippen LogP contribution in [0.2, 0.25) is 0 Å². The highest BCUT2D eigenvalue weighted by Crippen LogP contribution is 2.35. The molecule has 0 aromatic carbocycles. The third-order valence-corrected chi connectivity index (χ3v) is 2.26. The Hall–Kier alpha value is -1.26. The van der Waals surface area contributed by atoms with Crippen LogP contribution >= 0.6 is 0 Å². The Labute approximate surface area is 79.2 Å². The number of aromatic nitrogens is 1. The molecular formula is C9H9F3N2. The average molecular weight is 202 g/mol. The van der Waals surface area contributed by atoms with Gasteiger partial charge in [-0.3, -0.25) is 0 Å². The molecule has 1 aliphatic heterocycles. The second kappa shape index (κ2) is 3.15. The van der Waals surface area contributed by atoms with Crippen molar-refractivity contribution in [3.63, 3.8) is 0 Å². The number of anilines is 1. The Kier molecular flexibility index (Phi) is 2.09. The quantitative estimate of drug-likeness (QED) is 0.699. The van der Waals surface area contributed by atoms with Crippen LogP contribution in [0.1, 0.15) is 17.5 Å². The van der Waals surface area contributed by atoms with Crippen molar-refractivity contribution in [1.82, 2.24) is 4.98 Å². The lowest BCUT2D eigenvalue weighted by Gasteiger charge is -2.20. The highest BCUT2D eigenvalue weighted by molar-refractivity contribution is 5.51. The molecule has 1 aromatic rings. The van der Waals surface area contributed by atoms with Crippen molar-refractivity contribution in [3.05, 3.63) is 23.4 Å². The molecule has 1 aliphatic rings. The third kappa shape index (κ3) is 1.54. The van der Waals surface area contributed by atoms with Gasteiger partial charge in [0.25, 0.3) is 0 Å². The zero-order valence-corrected chi connectivity index (χ0v) is 7.36. The van der Waals surface area contributed by atoms with Crippen LogP contribution in [0.5, 0.6) is 0 Å². The highest BCUT2D eigenvalue weighted by atomic mass is 19.4. The molecule has 0 unspecified atom stereocenters.